The summed E-state index contributed by atoms with van der Waals surface area (Å²) in [6, 6.07) is 0.182. The van der Waals surface area contributed by atoms with Crippen LogP contribution >= 0.6 is 35.7 Å². The number of amides is 1. The number of guanidine groups is 1. The van der Waals surface area contributed by atoms with Crippen molar-refractivity contribution in [2.45, 2.75) is 70.8 Å². The number of aliphatic imine (C=N–C) groups is 1. The molecule has 2 rings (SSSR count). The first-order valence-electron chi connectivity index (χ1n) is 10.5. The van der Waals surface area contributed by atoms with E-state index >= 15 is 0 Å². The van der Waals surface area contributed by atoms with Gasteiger partial charge in [0.2, 0.25) is 0 Å². The molecular formula is C20H38IN7O2S. The third-order valence-electron chi connectivity index (χ3n) is 4.49. The topological polar surface area (TPSA) is 96.7 Å². The summed E-state index contributed by atoms with van der Waals surface area (Å²) in [4.78, 5) is 18.0. The van der Waals surface area contributed by atoms with E-state index in [2.05, 4.69) is 44.2 Å². The summed E-state index contributed by atoms with van der Waals surface area (Å²) in [6.07, 6.45) is 3.56. The molecule has 0 radical (unpaired) electrons. The predicted octanol–water partition coefficient (Wildman–Crippen LogP) is 2.99. The van der Waals surface area contributed by atoms with E-state index in [1.165, 1.54) is 0 Å². The highest BCUT2D eigenvalue weighted by atomic mass is 127. The van der Waals surface area contributed by atoms with E-state index in [0.717, 1.165) is 42.9 Å². The van der Waals surface area contributed by atoms with Crippen molar-refractivity contribution in [1.82, 2.24) is 30.3 Å². The van der Waals surface area contributed by atoms with Gasteiger partial charge in [-0.2, -0.15) is 0 Å². The third kappa shape index (κ3) is 9.03. The van der Waals surface area contributed by atoms with Crippen LogP contribution in [-0.4, -0.2) is 76.3 Å². The van der Waals surface area contributed by atoms with Gasteiger partial charge in [0.1, 0.15) is 11.4 Å². The molecule has 1 aromatic heterocycles. The molecule has 0 aromatic carbocycles. The van der Waals surface area contributed by atoms with E-state index in [-0.39, 0.29) is 36.1 Å². The summed E-state index contributed by atoms with van der Waals surface area (Å²) in [5.41, 5.74) is -0.469. The number of carbonyl (C=O) groups is 1. The van der Waals surface area contributed by atoms with Crippen LogP contribution in [0.1, 0.15) is 46.9 Å². The minimum atomic E-state index is -0.469. The molecule has 1 saturated heterocycles. The van der Waals surface area contributed by atoms with Gasteiger partial charge in [-0.15, -0.1) is 34.2 Å². The van der Waals surface area contributed by atoms with Crippen molar-refractivity contribution in [1.29, 1.82) is 0 Å². The number of halogens is 1. The molecule has 1 aliphatic heterocycles. The van der Waals surface area contributed by atoms with Gasteiger partial charge in [0.15, 0.2) is 11.1 Å². The summed E-state index contributed by atoms with van der Waals surface area (Å²) in [5.74, 6) is 2.33. The number of hydrogen-bond donors (Lipinski definition) is 2. The molecule has 0 saturated carbocycles. The van der Waals surface area contributed by atoms with Crippen LogP contribution in [0, 0.1) is 5.92 Å². The van der Waals surface area contributed by atoms with Crippen LogP contribution in [0.15, 0.2) is 10.1 Å². The van der Waals surface area contributed by atoms with Crippen molar-refractivity contribution >= 4 is 47.8 Å². The Morgan fingerprint density at radius 3 is 2.55 bits per heavy atom. The van der Waals surface area contributed by atoms with Crippen LogP contribution in [0.25, 0.3) is 0 Å². The number of carbonyl (C=O) groups excluding carboxylic acids is 1. The fourth-order valence-electron chi connectivity index (χ4n) is 3.09. The average Bonchev–Trinajstić information content (AvgIpc) is 2.98. The molecule has 178 valence electrons. The monoisotopic (exact) mass is 567 g/mol. The zero-order valence-corrected chi connectivity index (χ0v) is 22.9. The Labute approximate surface area is 207 Å². The fraction of sp³-hybridized carbons (Fsp3) is 0.800. The molecule has 0 atom stereocenters. The molecule has 0 aliphatic carbocycles. The number of nitrogens with one attached hydrogen (secondary N) is 2. The van der Waals surface area contributed by atoms with Crippen molar-refractivity contribution in [2.75, 3.05) is 32.9 Å². The second-order valence-corrected chi connectivity index (χ2v) is 9.71. The van der Waals surface area contributed by atoms with Gasteiger partial charge in [0, 0.05) is 39.6 Å². The Morgan fingerprint density at radius 1 is 1.32 bits per heavy atom. The van der Waals surface area contributed by atoms with Gasteiger partial charge >= 0.3 is 6.09 Å². The zero-order valence-electron chi connectivity index (χ0n) is 19.8. The maximum Gasteiger partial charge on any atom is 0.410 e. The van der Waals surface area contributed by atoms with E-state index in [4.69, 9.17) is 4.74 Å². The van der Waals surface area contributed by atoms with Crippen molar-refractivity contribution < 1.29 is 9.53 Å². The summed E-state index contributed by atoms with van der Waals surface area (Å²) >= 11 is 1.63. The number of hydrogen-bond acceptors (Lipinski definition) is 6. The Morgan fingerprint density at radius 2 is 2.00 bits per heavy atom. The fourth-order valence-corrected chi connectivity index (χ4v) is 3.61. The minimum Gasteiger partial charge on any atom is -0.444 e. The smallest absolute Gasteiger partial charge is 0.410 e. The lowest BCUT2D eigenvalue weighted by molar-refractivity contribution is 0.00701. The van der Waals surface area contributed by atoms with Crippen molar-refractivity contribution in [3.63, 3.8) is 0 Å². The van der Waals surface area contributed by atoms with Gasteiger partial charge in [-0.1, -0.05) is 25.6 Å². The number of aromatic nitrogens is 3. The highest BCUT2D eigenvalue weighted by molar-refractivity contribution is 14.0. The van der Waals surface area contributed by atoms with E-state index in [0.29, 0.717) is 19.0 Å². The van der Waals surface area contributed by atoms with Crippen molar-refractivity contribution in [2.24, 2.45) is 10.9 Å². The zero-order chi connectivity index (χ0) is 22.3. The molecule has 31 heavy (non-hydrogen) atoms. The molecule has 1 fully saturated rings. The molecule has 0 spiro atoms. The summed E-state index contributed by atoms with van der Waals surface area (Å²) < 4.78 is 7.61. The molecule has 1 aliphatic rings. The average molecular weight is 568 g/mol. The number of likely N-dealkylation sites (tertiary alicyclic amines) is 1. The number of ether oxygens (including phenoxy) is 1. The van der Waals surface area contributed by atoms with Crippen LogP contribution in [0.3, 0.4) is 0 Å². The largest absolute Gasteiger partial charge is 0.444 e. The SMILES string of the molecule is CN=C(NCCCc1nnc(SC)n1CC(C)C)NC1CN(C(=O)OC(C)(C)C)C1.I. The second-order valence-electron chi connectivity index (χ2n) is 8.94. The van der Waals surface area contributed by atoms with E-state index in [9.17, 15) is 4.79 Å². The van der Waals surface area contributed by atoms with Gasteiger partial charge in [0.25, 0.3) is 0 Å². The quantitative estimate of drug-likeness (QED) is 0.164. The standard InChI is InChI=1S/C20H37N7O2S.HI/c1-14(2)11-27-16(24-25-18(27)30-7)9-8-10-22-17(21-6)23-15-12-26(13-15)19(28)29-20(3,4)5;/h14-15H,8-13H2,1-7H3,(H2,21,22,23);1H. The lowest BCUT2D eigenvalue weighted by Crippen LogP contribution is -2.63. The summed E-state index contributed by atoms with van der Waals surface area (Å²) in [5, 5.41) is 16.3. The first kappa shape index (κ1) is 27.8. The van der Waals surface area contributed by atoms with Gasteiger partial charge in [-0.3, -0.25) is 4.99 Å². The maximum absolute atomic E-state index is 12.0. The second kappa shape index (κ2) is 12.7. The predicted molar refractivity (Wildman–Crippen MR) is 136 cm³/mol. The molecule has 1 amide bonds. The molecule has 0 unspecified atom stereocenters. The third-order valence-corrected chi connectivity index (χ3v) is 5.16. The highest BCUT2D eigenvalue weighted by Gasteiger charge is 2.34. The molecule has 9 nitrogen and oxygen atoms in total. The number of thioether (sulfide) groups is 1. The Hall–Kier alpha value is -1.24. The van der Waals surface area contributed by atoms with Crippen LogP contribution in [-0.2, 0) is 17.7 Å². The molecule has 1 aromatic rings. The number of aryl methyl sites for hydroxylation is 1. The highest BCUT2D eigenvalue weighted by Crippen LogP contribution is 2.17. The summed E-state index contributed by atoms with van der Waals surface area (Å²) in [7, 11) is 1.75. The first-order chi connectivity index (χ1) is 14.1. The normalized spacial score (nSPS) is 14.8. The van der Waals surface area contributed by atoms with E-state index < -0.39 is 5.60 Å². The Bertz CT molecular complexity index is 728. The van der Waals surface area contributed by atoms with E-state index in [1.807, 2.05) is 27.0 Å². The van der Waals surface area contributed by atoms with Crippen molar-refractivity contribution in [3.05, 3.63) is 5.82 Å². The Balaban J connectivity index is 0.00000480. The molecule has 2 N–H and O–H groups in total. The van der Waals surface area contributed by atoms with Crippen molar-refractivity contribution in [3.8, 4) is 0 Å². The minimum absolute atomic E-state index is 0. The lowest BCUT2D eigenvalue weighted by Gasteiger charge is -2.40. The van der Waals surface area contributed by atoms with Crippen LogP contribution in [0.4, 0.5) is 4.79 Å². The Kier molecular flexibility index (Phi) is 11.4. The van der Waals surface area contributed by atoms with Crippen LogP contribution < -0.4 is 10.6 Å². The lowest BCUT2D eigenvalue weighted by atomic mass is 10.1. The molecule has 0 bridgehead atoms. The molecule has 2 heterocycles. The van der Waals surface area contributed by atoms with Gasteiger partial charge in [-0.25, -0.2) is 4.79 Å². The first-order valence-corrected chi connectivity index (χ1v) is 11.8. The molecule has 11 heteroatoms. The molecular weight excluding hydrogens is 529 g/mol. The maximum atomic E-state index is 12.0. The summed E-state index contributed by atoms with van der Waals surface area (Å²) in [6.45, 7) is 13.0. The van der Waals surface area contributed by atoms with Crippen LogP contribution in [0.5, 0.6) is 0 Å². The van der Waals surface area contributed by atoms with Gasteiger partial charge in [-0.05, 0) is 39.4 Å². The van der Waals surface area contributed by atoms with E-state index in [1.54, 1.807) is 23.7 Å². The van der Waals surface area contributed by atoms with Crippen LogP contribution in [0.2, 0.25) is 0 Å². The number of nitrogens with zero attached hydrogens (tertiary/aromatic N) is 5. The number of rotatable bonds is 8. The van der Waals surface area contributed by atoms with Gasteiger partial charge in [0.05, 0.1) is 6.04 Å². The van der Waals surface area contributed by atoms with Gasteiger partial charge < -0.3 is 24.8 Å².